The summed E-state index contributed by atoms with van der Waals surface area (Å²) in [6, 6.07) is 11.2. The first kappa shape index (κ1) is 21.1. The van der Waals surface area contributed by atoms with Gasteiger partial charge in [0.25, 0.3) is 5.91 Å². The summed E-state index contributed by atoms with van der Waals surface area (Å²) in [5.41, 5.74) is 1.66. The first-order valence-electron chi connectivity index (χ1n) is 7.99. The quantitative estimate of drug-likeness (QED) is 0.513. The third kappa shape index (κ3) is 5.26. The summed E-state index contributed by atoms with van der Waals surface area (Å²) in [7, 11) is 0. The van der Waals surface area contributed by atoms with Crippen molar-refractivity contribution in [3.05, 3.63) is 66.4 Å². The Morgan fingerprint density at radius 2 is 1.96 bits per heavy atom. The molecule has 0 radical (unpaired) electrons. The van der Waals surface area contributed by atoms with Crippen LogP contribution in [0.2, 0.25) is 5.02 Å². The van der Waals surface area contributed by atoms with Gasteiger partial charge in [0.2, 0.25) is 5.91 Å². The smallest absolute Gasteiger partial charge is 0.286 e. The number of amides is 2. The van der Waals surface area contributed by atoms with Crippen LogP contribution in [0.5, 0.6) is 5.75 Å². The molecule has 2 amide bonds. The highest BCUT2D eigenvalue weighted by molar-refractivity contribution is 9.11. The topological polar surface area (TPSA) is 67.8 Å². The van der Waals surface area contributed by atoms with E-state index in [9.17, 15) is 9.59 Å². The van der Waals surface area contributed by atoms with E-state index >= 15 is 0 Å². The molecular formula is C19H13Br2ClN2O3S. The van der Waals surface area contributed by atoms with Crippen LogP contribution in [0.3, 0.4) is 0 Å². The lowest BCUT2D eigenvalue weighted by Gasteiger charge is -2.12. The van der Waals surface area contributed by atoms with E-state index in [1.54, 1.807) is 6.08 Å². The van der Waals surface area contributed by atoms with Crippen LogP contribution in [0.25, 0.3) is 6.08 Å². The second-order valence-corrected chi connectivity index (χ2v) is 8.85. The van der Waals surface area contributed by atoms with Gasteiger partial charge in [-0.05, 0) is 73.5 Å². The molecule has 1 N–H and O–H groups in total. The van der Waals surface area contributed by atoms with Gasteiger partial charge in [-0.3, -0.25) is 9.59 Å². The minimum absolute atomic E-state index is 0.272. The van der Waals surface area contributed by atoms with Crippen molar-refractivity contribution >= 4 is 78.3 Å². The van der Waals surface area contributed by atoms with Crippen LogP contribution in [-0.2, 0) is 16.2 Å². The largest absolute Gasteiger partial charge is 0.486 e. The minimum Gasteiger partial charge on any atom is -0.486 e. The molecule has 0 fully saturated rings. The number of nitrogens with zero attached hydrogens (tertiary/aromatic N) is 1. The highest BCUT2D eigenvalue weighted by Crippen LogP contribution is 2.37. The fraction of sp³-hybridized carbons (Fsp3) is 0.105. The van der Waals surface area contributed by atoms with E-state index in [-0.39, 0.29) is 17.0 Å². The number of thioether (sulfide) groups is 1. The second-order valence-electron chi connectivity index (χ2n) is 5.71. The van der Waals surface area contributed by atoms with Gasteiger partial charge in [-0.1, -0.05) is 29.8 Å². The molecule has 0 atom stereocenters. The van der Waals surface area contributed by atoms with Crippen LogP contribution < -0.4 is 10.1 Å². The Bertz CT molecular complexity index is 1000. The monoisotopic (exact) mass is 542 g/mol. The molecule has 0 unspecified atom stereocenters. The van der Waals surface area contributed by atoms with Gasteiger partial charge in [0.05, 0.1) is 13.9 Å². The lowest BCUT2D eigenvalue weighted by Crippen LogP contribution is -2.23. The van der Waals surface area contributed by atoms with E-state index in [1.165, 1.54) is 6.92 Å². The third-order valence-electron chi connectivity index (χ3n) is 3.55. The molecule has 2 aromatic carbocycles. The van der Waals surface area contributed by atoms with Crippen molar-refractivity contribution in [2.24, 2.45) is 4.99 Å². The van der Waals surface area contributed by atoms with E-state index in [1.807, 2.05) is 36.4 Å². The SMILES string of the molecule is CC(=O)NC1=NC(=O)/C(=C\c2cc(Br)c(OCc3ccccc3Cl)c(Br)c2)S1. The number of carbonyl (C=O) groups excluding carboxylic acids is 2. The van der Waals surface area contributed by atoms with Gasteiger partial charge < -0.3 is 10.1 Å². The summed E-state index contributed by atoms with van der Waals surface area (Å²) in [6.45, 7) is 1.68. The zero-order valence-corrected chi connectivity index (χ0v) is 19.2. The van der Waals surface area contributed by atoms with Crippen LogP contribution in [0, 0.1) is 0 Å². The number of aliphatic imine (C=N–C) groups is 1. The van der Waals surface area contributed by atoms with Crippen molar-refractivity contribution in [3.63, 3.8) is 0 Å². The molecule has 1 heterocycles. The van der Waals surface area contributed by atoms with Crippen LogP contribution in [0.15, 0.2) is 55.2 Å². The van der Waals surface area contributed by atoms with Gasteiger partial charge in [-0.15, -0.1) is 0 Å². The van der Waals surface area contributed by atoms with Crippen molar-refractivity contribution in [2.75, 3.05) is 0 Å². The molecule has 1 aliphatic heterocycles. The first-order valence-corrected chi connectivity index (χ1v) is 10.8. The Morgan fingerprint density at radius 1 is 1.29 bits per heavy atom. The fourth-order valence-corrected chi connectivity index (χ4v) is 4.83. The minimum atomic E-state index is -0.389. The van der Waals surface area contributed by atoms with Crippen LogP contribution in [-0.4, -0.2) is 17.0 Å². The maximum absolute atomic E-state index is 12.0. The second kappa shape index (κ2) is 9.26. The number of carbonyl (C=O) groups is 2. The molecule has 0 bridgehead atoms. The summed E-state index contributed by atoms with van der Waals surface area (Å²) < 4.78 is 7.34. The van der Waals surface area contributed by atoms with Gasteiger partial charge in [0.1, 0.15) is 12.4 Å². The predicted octanol–water partition coefficient (Wildman–Crippen LogP) is 5.55. The van der Waals surface area contributed by atoms with Crippen molar-refractivity contribution in [1.29, 1.82) is 0 Å². The summed E-state index contributed by atoms with van der Waals surface area (Å²) in [6.07, 6.45) is 1.71. The Balaban J connectivity index is 1.76. The van der Waals surface area contributed by atoms with E-state index in [4.69, 9.17) is 16.3 Å². The molecule has 3 rings (SSSR count). The number of hydrogen-bond donors (Lipinski definition) is 1. The van der Waals surface area contributed by atoms with Gasteiger partial charge >= 0.3 is 0 Å². The van der Waals surface area contributed by atoms with Crippen molar-refractivity contribution < 1.29 is 14.3 Å². The zero-order chi connectivity index (χ0) is 20.3. The molecule has 144 valence electrons. The highest BCUT2D eigenvalue weighted by atomic mass is 79.9. The van der Waals surface area contributed by atoms with Gasteiger partial charge in [0, 0.05) is 17.5 Å². The van der Waals surface area contributed by atoms with Gasteiger partial charge in [-0.25, -0.2) is 0 Å². The Morgan fingerprint density at radius 3 is 2.61 bits per heavy atom. The van der Waals surface area contributed by atoms with Crippen LogP contribution >= 0.6 is 55.2 Å². The molecule has 1 aliphatic rings. The van der Waals surface area contributed by atoms with E-state index < -0.39 is 0 Å². The van der Waals surface area contributed by atoms with E-state index in [0.29, 0.717) is 22.3 Å². The summed E-state index contributed by atoms with van der Waals surface area (Å²) >= 11 is 14.3. The average molecular weight is 545 g/mol. The molecule has 0 aromatic heterocycles. The van der Waals surface area contributed by atoms with Crippen molar-refractivity contribution in [1.82, 2.24) is 5.32 Å². The Hall–Kier alpha value is -1.61. The molecule has 0 saturated heterocycles. The number of benzene rings is 2. The third-order valence-corrected chi connectivity index (χ3v) is 6.00. The molecule has 9 heteroatoms. The first-order chi connectivity index (χ1) is 13.3. The van der Waals surface area contributed by atoms with Crippen LogP contribution in [0.4, 0.5) is 0 Å². The molecule has 0 aliphatic carbocycles. The van der Waals surface area contributed by atoms with Crippen molar-refractivity contribution in [2.45, 2.75) is 13.5 Å². The molecular weight excluding hydrogens is 532 g/mol. The molecule has 2 aromatic rings. The van der Waals surface area contributed by atoms with Crippen LogP contribution in [0.1, 0.15) is 18.1 Å². The number of nitrogens with one attached hydrogen (secondary N) is 1. The van der Waals surface area contributed by atoms with Gasteiger partial charge in [0.15, 0.2) is 5.17 Å². The number of halogens is 3. The molecule has 0 saturated carbocycles. The summed E-state index contributed by atoms with van der Waals surface area (Å²) in [4.78, 5) is 27.4. The normalized spacial score (nSPS) is 14.9. The Labute approximate surface area is 187 Å². The number of ether oxygens (including phenoxy) is 1. The molecule has 0 spiro atoms. The average Bonchev–Trinajstić information content (AvgIpc) is 2.94. The lowest BCUT2D eigenvalue weighted by molar-refractivity contribution is -0.117. The summed E-state index contributed by atoms with van der Waals surface area (Å²) in [5, 5.41) is 3.44. The maximum Gasteiger partial charge on any atom is 0.286 e. The maximum atomic E-state index is 12.0. The van der Waals surface area contributed by atoms with Crippen molar-refractivity contribution in [3.8, 4) is 5.75 Å². The highest BCUT2D eigenvalue weighted by Gasteiger charge is 2.22. The van der Waals surface area contributed by atoms with Gasteiger partial charge in [-0.2, -0.15) is 4.99 Å². The number of amidine groups is 1. The fourth-order valence-electron chi connectivity index (χ4n) is 2.33. The predicted molar refractivity (Wildman–Crippen MR) is 119 cm³/mol. The summed E-state index contributed by atoms with van der Waals surface area (Å²) in [5.74, 6) is -0.0338. The molecule has 5 nitrogen and oxygen atoms in total. The standard InChI is InChI=1S/C19H13Br2ClN2O3S/c1-10(25)23-19-24-18(26)16(28-19)8-11-6-13(20)17(14(21)7-11)27-9-12-4-2-3-5-15(12)22/h2-8H,9H2,1H3,(H,23,24,25,26)/b16-8+. The number of rotatable bonds is 4. The lowest BCUT2D eigenvalue weighted by atomic mass is 10.2. The van der Waals surface area contributed by atoms with E-state index in [0.717, 1.165) is 31.8 Å². The van der Waals surface area contributed by atoms with E-state index in [2.05, 4.69) is 42.2 Å². The zero-order valence-electron chi connectivity index (χ0n) is 14.5. The number of hydrogen-bond acceptors (Lipinski definition) is 4. The Kier molecular flexibility index (Phi) is 6.98. The molecule has 28 heavy (non-hydrogen) atoms.